The highest BCUT2D eigenvalue weighted by Crippen LogP contribution is 2.22. The van der Waals surface area contributed by atoms with Crippen LogP contribution >= 0.6 is 11.3 Å². The van der Waals surface area contributed by atoms with Gasteiger partial charge in [0.1, 0.15) is 11.9 Å². The molecule has 0 unspecified atom stereocenters. The number of ether oxygens (including phenoxy) is 1. The lowest BCUT2D eigenvalue weighted by Gasteiger charge is -2.32. The Labute approximate surface area is 133 Å². The molecular weight excluding hydrogens is 298 g/mol. The summed E-state index contributed by atoms with van der Waals surface area (Å²) in [5, 5.41) is 5.02. The second-order valence-electron chi connectivity index (χ2n) is 5.15. The number of thiophene rings is 1. The molecule has 2 aromatic rings. The summed E-state index contributed by atoms with van der Waals surface area (Å²) in [6.45, 7) is 1.75. The van der Waals surface area contributed by atoms with Gasteiger partial charge in [0.15, 0.2) is 0 Å². The van der Waals surface area contributed by atoms with Crippen LogP contribution in [-0.2, 0) is 16.0 Å². The second-order valence-corrected chi connectivity index (χ2v) is 6.19. The summed E-state index contributed by atoms with van der Waals surface area (Å²) in [6.07, 6.45) is 0.309. The van der Waals surface area contributed by atoms with Crippen LogP contribution in [0.1, 0.15) is 16.7 Å². The van der Waals surface area contributed by atoms with Gasteiger partial charge < -0.3 is 15.0 Å². The molecule has 116 valence electrons. The molecule has 22 heavy (non-hydrogen) atoms. The Hall–Kier alpha value is -1.92. The van der Waals surface area contributed by atoms with Gasteiger partial charge in [-0.25, -0.2) is 4.98 Å². The highest BCUT2D eigenvalue weighted by atomic mass is 32.1. The monoisotopic (exact) mass is 317 g/mol. The van der Waals surface area contributed by atoms with E-state index in [9.17, 15) is 4.79 Å². The van der Waals surface area contributed by atoms with Gasteiger partial charge in [-0.05, 0) is 23.6 Å². The number of nitrogens with one attached hydrogen (secondary N) is 1. The quantitative estimate of drug-likeness (QED) is 0.940. The molecule has 0 saturated carbocycles. The molecule has 0 bridgehead atoms. The number of amides is 1. The molecule has 0 spiro atoms. The fraction of sp³-hybridized carbons (Fsp3) is 0.375. The SMILES string of the molecule is CNc1cccc([C@H]2CN(C(=O)Cc3cccs3)CCO2)n1. The molecule has 2 aromatic heterocycles. The Morgan fingerprint density at radius 3 is 3.14 bits per heavy atom. The zero-order chi connectivity index (χ0) is 15.4. The average molecular weight is 317 g/mol. The molecule has 3 rings (SSSR count). The first-order chi connectivity index (χ1) is 10.8. The summed E-state index contributed by atoms with van der Waals surface area (Å²) in [6, 6.07) is 9.77. The maximum atomic E-state index is 12.4. The van der Waals surface area contributed by atoms with Gasteiger partial charge >= 0.3 is 0 Å². The van der Waals surface area contributed by atoms with Crippen LogP contribution in [0.2, 0.25) is 0 Å². The summed E-state index contributed by atoms with van der Waals surface area (Å²) in [4.78, 5) is 19.9. The molecule has 6 heteroatoms. The fourth-order valence-corrected chi connectivity index (χ4v) is 3.19. The maximum absolute atomic E-state index is 12.4. The third kappa shape index (κ3) is 3.45. The third-order valence-electron chi connectivity index (χ3n) is 3.68. The molecule has 1 amide bonds. The molecule has 1 atom stereocenters. The first-order valence-corrected chi connectivity index (χ1v) is 8.20. The Kier molecular flexibility index (Phi) is 4.70. The number of aromatic nitrogens is 1. The predicted octanol–water partition coefficient (Wildman–Crippen LogP) is 2.33. The molecule has 1 N–H and O–H groups in total. The Morgan fingerprint density at radius 1 is 1.45 bits per heavy atom. The van der Waals surface area contributed by atoms with Gasteiger partial charge in [0.05, 0.1) is 25.3 Å². The lowest BCUT2D eigenvalue weighted by molar-refractivity contribution is -0.138. The number of nitrogens with zero attached hydrogens (tertiary/aromatic N) is 2. The van der Waals surface area contributed by atoms with Crippen LogP contribution in [0.4, 0.5) is 5.82 Å². The molecule has 1 saturated heterocycles. The van der Waals surface area contributed by atoms with Gasteiger partial charge in [0.25, 0.3) is 0 Å². The Bertz CT molecular complexity index is 630. The van der Waals surface area contributed by atoms with E-state index in [0.29, 0.717) is 26.1 Å². The van der Waals surface area contributed by atoms with Crippen molar-refractivity contribution in [3.8, 4) is 0 Å². The lowest BCUT2D eigenvalue weighted by Crippen LogP contribution is -2.43. The van der Waals surface area contributed by atoms with Gasteiger partial charge in [-0.1, -0.05) is 12.1 Å². The van der Waals surface area contributed by atoms with Crippen LogP contribution in [0.15, 0.2) is 35.7 Å². The van der Waals surface area contributed by atoms with Gasteiger partial charge in [0, 0.05) is 18.5 Å². The molecule has 3 heterocycles. The Morgan fingerprint density at radius 2 is 2.36 bits per heavy atom. The van der Waals surface area contributed by atoms with Crippen molar-refractivity contribution in [2.45, 2.75) is 12.5 Å². The Balaban J connectivity index is 1.67. The zero-order valence-electron chi connectivity index (χ0n) is 12.5. The van der Waals surface area contributed by atoms with Crippen molar-refractivity contribution in [1.82, 2.24) is 9.88 Å². The molecular formula is C16H19N3O2S. The number of morpholine rings is 1. The highest BCUT2D eigenvalue weighted by molar-refractivity contribution is 7.10. The van der Waals surface area contributed by atoms with Gasteiger partial charge in [-0.15, -0.1) is 11.3 Å². The summed E-state index contributed by atoms with van der Waals surface area (Å²) in [7, 11) is 1.84. The van der Waals surface area contributed by atoms with E-state index < -0.39 is 0 Å². The van der Waals surface area contributed by atoms with Crippen LogP contribution in [0.3, 0.4) is 0 Å². The van der Waals surface area contributed by atoms with E-state index in [0.717, 1.165) is 16.4 Å². The molecule has 5 nitrogen and oxygen atoms in total. The van der Waals surface area contributed by atoms with E-state index >= 15 is 0 Å². The van der Waals surface area contributed by atoms with Crippen molar-refractivity contribution >= 4 is 23.1 Å². The van der Waals surface area contributed by atoms with Crippen LogP contribution in [0.5, 0.6) is 0 Å². The van der Waals surface area contributed by atoms with Crippen LogP contribution in [-0.4, -0.2) is 42.5 Å². The summed E-state index contributed by atoms with van der Waals surface area (Å²) < 4.78 is 5.80. The van der Waals surface area contributed by atoms with E-state index in [1.807, 2.05) is 47.7 Å². The smallest absolute Gasteiger partial charge is 0.228 e. The van der Waals surface area contributed by atoms with Gasteiger partial charge in [-0.2, -0.15) is 0 Å². The number of hydrogen-bond acceptors (Lipinski definition) is 5. The highest BCUT2D eigenvalue weighted by Gasteiger charge is 2.26. The average Bonchev–Trinajstić information content (AvgIpc) is 3.08. The summed E-state index contributed by atoms with van der Waals surface area (Å²) in [5.41, 5.74) is 0.862. The second kappa shape index (κ2) is 6.89. The number of hydrogen-bond donors (Lipinski definition) is 1. The number of rotatable bonds is 4. The summed E-state index contributed by atoms with van der Waals surface area (Å²) >= 11 is 1.62. The molecule has 1 fully saturated rings. The predicted molar refractivity (Wildman–Crippen MR) is 87.1 cm³/mol. The van der Waals surface area contributed by atoms with E-state index in [-0.39, 0.29) is 12.0 Å². The molecule has 0 aliphatic carbocycles. The van der Waals surface area contributed by atoms with Crippen molar-refractivity contribution in [1.29, 1.82) is 0 Å². The van der Waals surface area contributed by atoms with Crippen LogP contribution in [0.25, 0.3) is 0 Å². The molecule has 1 aliphatic heterocycles. The molecule has 1 aliphatic rings. The minimum Gasteiger partial charge on any atom is -0.373 e. The van der Waals surface area contributed by atoms with Crippen LogP contribution in [0, 0.1) is 0 Å². The molecule has 0 radical (unpaired) electrons. The van der Waals surface area contributed by atoms with E-state index in [2.05, 4.69) is 10.3 Å². The van der Waals surface area contributed by atoms with E-state index in [1.165, 1.54) is 0 Å². The number of anilines is 1. The topological polar surface area (TPSA) is 54.5 Å². The van der Waals surface area contributed by atoms with E-state index in [4.69, 9.17) is 4.74 Å². The minimum absolute atomic E-state index is 0.153. The van der Waals surface area contributed by atoms with Crippen molar-refractivity contribution in [3.63, 3.8) is 0 Å². The third-order valence-corrected chi connectivity index (χ3v) is 4.56. The van der Waals surface area contributed by atoms with Gasteiger partial charge in [-0.3, -0.25) is 4.79 Å². The zero-order valence-corrected chi connectivity index (χ0v) is 13.3. The summed E-state index contributed by atoms with van der Waals surface area (Å²) in [5.74, 6) is 0.962. The van der Waals surface area contributed by atoms with Crippen molar-refractivity contribution < 1.29 is 9.53 Å². The van der Waals surface area contributed by atoms with Crippen molar-refractivity contribution in [2.24, 2.45) is 0 Å². The minimum atomic E-state index is -0.158. The lowest BCUT2D eigenvalue weighted by atomic mass is 10.1. The number of carbonyl (C=O) groups is 1. The first kappa shape index (κ1) is 15.0. The maximum Gasteiger partial charge on any atom is 0.228 e. The first-order valence-electron chi connectivity index (χ1n) is 7.32. The standard InChI is InChI=1S/C16H19N3O2S/c1-17-15-6-2-5-13(18-15)14-11-19(7-8-21-14)16(20)10-12-4-3-9-22-12/h2-6,9,14H,7-8,10-11H2,1H3,(H,17,18)/t14-/m1/s1. The number of pyridine rings is 1. The van der Waals surface area contributed by atoms with Crippen molar-refractivity contribution in [3.05, 3.63) is 46.3 Å². The normalized spacial score (nSPS) is 18.2. The molecule has 0 aromatic carbocycles. The van der Waals surface area contributed by atoms with Crippen LogP contribution < -0.4 is 5.32 Å². The van der Waals surface area contributed by atoms with E-state index in [1.54, 1.807) is 11.3 Å². The van der Waals surface area contributed by atoms with Gasteiger partial charge in [0.2, 0.25) is 5.91 Å². The number of carbonyl (C=O) groups excluding carboxylic acids is 1. The largest absolute Gasteiger partial charge is 0.373 e. The fourth-order valence-electron chi connectivity index (χ4n) is 2.50. The van der Waals surface area contributed by atoms with Crippen molar-refractivity contribution in [2.75, 3.05) is 32.1 Å².